The Kier molecular flexibility index (Phi) is 4.22. The molecule has 0 aliphatic heterocycles. The Morgan fingerprint density at radius 1 is 1.43 bits per heavy atom. The number of hydrogen-bond donors (Lipinski definition) is 2. The monoisotopic (exact) mass is 289 g/mol. The van der Waals surface area contributed by atoms with Gasteiger partial charge in [0.25, 0.3) is 0 Å². The largest absolute Gasteiger partial charge is 0.508 e. The highest BCUT2D eigenvalue weighted by Gasteiger charge is 2.18. The van der Waals surface area contributed by atoms with Gasteiger partial charge in [-0.15, -0.1) is 0 Å². The molecular weight excluding hydrogens is 274 g/mol. The van der Waals surface area contributed by atoms with Crippen molar-refractivity contribution in [2.24, 2.45) is 0 Å². The van der Waals surface area contributed by atoms with Crippen LogP contribution in [0.25, 0.3) is 0 Å². The highest BCUT2D eigenvalue weighted by Crippen LogP contribution is 2.32. The summed E-state index contributed by atoms with van der Waals surface area (Å²) in [5.74, 6) is 0.818. The van der Waals surface area contributed by atoms with Gasteiger partial charge in [-0.1, -0.05) is 0 Å². The molecule has 21 heavy (non-hydrogen) atoms. The molecule has 0 amide bonds. The van der Waals surface area contributed by atoms with Crippen molar-refractivity contribution >= 4 is 11.5 Å². The van der Waals surface area contributed by atoms with E-state index in [2.05, 4.69) is 10.3 Å². The van der Waals surface area contributed by atoms with Crippen LogP contribution >= 0.6 is 0 Å². The number of nitro groups is 1. The summed E-state index contributed by atoms with van der Waals surface area (Å²) in [6.07, 6.45) is 1.47. The minimum absolute atomic E-state index is 0.0781. The van der Waals surface area contributed by atoms with E-state index in [1.165, 1.54) is 31.5 Å². The molecule has 2 rings (SSSR count). The number of aromatic hydroxyl groups is 1. The van der Waals surface area contributed by atoms with Crippen LogP contribution in [0, 0.1) is 10.1 Å². The molecule has 1 atom stereocenters. The quantitative estimate of drug-likeness (QED) is 0.648. The number of benzene rings is 1. The minimum Gasteiger partial charge on any atom is -0.508 e. The number of pyridine rings is 1. The summed E-state index contributed by atoms with van der Waals surface area (Å²) in [6, 6.07) is 7.30. The number of hydrogen-bond acceptors (Lipinski definition) is 6. The van der Waals surface area contributed by atoms with Gasteiger partial charge in [-0.05, 0) is 31.2 Å². The lowest BCUT2D eigenvalue weighted by Gasteiger charge is -2.16. The minimum atomic E-state index is -0.506. The second-order valence-electron chi connectivity index (χ2n) is 4.42. The van der Waals surface area contributed by atoms with E-state index in [1.54, 1.807) is 19.1 Å². The van der Waals surface area contributed by atoms with Crippen LogP contribution in [0.2, 0.25) is 0 Å². The van der Waals surface area contributed by atoms with Crippen molar-refractivity contribution in [3.05, 3.63) is 52.2 Å². The van der Waals surface area contributed by atoms with E-state index in [0.29, 0.717) is 11.3 Å². The van der Waals surface area contributed by atoms with Gasteiger partial charge in [0.15, 0.2) is 0 Å². The first-order chi connectivity index (χ1) is 10.0. The van der Waals surface area contributed by atoms with Crippen LogP contribution in [0.3, 0.4) is 0 Å². The van der Waals surface area contributed by atoms with Crippen LogP contribution < -0.4 is 10.1 Å². The average Bonchev–Trinajstić information content (AvgIpc) is 2.48. The van der Waals surface area contributed by atoms with E-state index in [0.717, 1.165) is 0 Å². The number of aromatic nitrogens is 1. The molecule has 2 N–H and O–H groups in total. The number of rotatable bonds is 5. The van der Waals surface area contributed by atoms with Gasteiger partial charge in [0.2, 0.25) is 5.82 Å². The number of anilines is 1. The maximum atomic E-state index is 11.0. The fourth-order valence-electron chi connectivity index (χ4n) is 1.94. The van der Waals surface area contributed by atoms with Crippen molar-refractivity contribution in [1.29, 1.82) is 0 Å². The highest BCUT2D eigenvalue weighted by molar-refractivity contribution is 5.57. The van der Waals surface area contributed by atoms with Gasteiger partial charge in [-0.3, -0.25) is 10.1 Å². The second kappa shape index (κ2) is 6.08. The molecule has 0 spiro atoms. The Bertz CT molecular complexity index is 660. The molecule has 0 aliphatic carbocycles. The van der Waals surface area contributed by atoms with Gasteiger partial charge in [0.05, 0.1) is 18.1 Å². The fraction of sp³-hybridized carbons (Fsp3) is 0.214. The first-order valence-electron chi connectivity index (χ1n) is 6.25. The number of nitrogens with zero attached hydrogens (tertiary/aromatic N) is 2. The standard InChI is InChI=1S/C14H15N3O4/c1-9(11-8-10(21-2)5-6-13(11)18)16-14-12(17(19)20)4-3-7-15-14/h3-9,18H,1-2H3,(H,15,16). The lowest BCUT2D eigenvalue weighted by molar-refractivity contribution is -0.384. The Morgan fingerprint density at radius 3 is 2.86 bits per heavy atom. The Hall–Kier alpha value is -2.83. The zero-order valence-electron chi connectivity index (χ0n) is 11.6. The molecule has 0 fully saturated rings. The van der Waals surface area contributed by atoms with Crippen LogP contribution in [0.15, 0.2) is 36.5 Å². The van der Waals surface area contributed by atoms with Crippen LogP contribution in [0.5, 0.6) is 11.5 Å². The van der Waals surface area contributed by atoms with Crippen molar-refractivity contribution in [2.45, 2.75) is 13.0 Å². The van der Waals surface area contributed by atoms with Gasteiger partial charge in [-0.2, -0.15) is 0 Å². The van der Waals surface area contributed by atoms with Gasteiger partial charge in [0.1, 0.15) is 11.5 Å². The van der Waals surface area contributed by atoms with Crippen LogP contribution in [-0.2, 0) is 0 Å². The zero-order chi connectivity index (χ0) is 15.4. The maximum absolute atomic E-state index is 11.0. The summed E-state index contributed by atoms with van der Waals surface area (Å²) in [5, 5.41) is 23.8. The summed E-state index contributed by atoms with van der Waals surface area (Å²) in [6.45, 7) is 1.77. The second-order valence-corrected chi connectivity index (χ2v) is 4.42. The van der Waals surface area contributed by atoms with Crippen LogP contribution in [0.4, 0.5) is 11.5 Å². The van der Waals surface area contributed by atoms with Gasteiger partial charge < -0.3 is 15.2 Å². The molecule has 1 heterocycles. The third-order valence-corrected chi connectivity index (χ3v) is 3.04. The summed E-state index contributed by atoms with van der Waals surface area (Å²) in [7, 11) is 1.53. The highest BCUT2D eigenvalue weighted by atomic mass is 16.6. The van der Waals surface area contributed by atoms with Crippen LogP contribution in [-0.4, -0.2) is 22.1 Å². The van der Waals surface area contributed by atoms with E-state index in [-0.39, 0.29) is 23.3 Å². The first kappa shape index (κ1) is 14.6. The molecule has 1 aromatic heterocycles. The fourth-order valence-corrected chi connectivity index (χ4v) is 1.94. The predicted octanol–water partition coefficient (Wildman–Crippen LogP) is 2.88. The van der Waals surface area contributed by atoms with Gasteiger partial charge in [0, 0.05) is 17.8 Å². The normalized spacial score (nSPS) is 11.7. The van der Waals surface area contributed by atoms with Gasteiger partial charge >= 0.3 is 5.69 Å². The number of methoxy groups -OCH3 is 1. The van der Waals surface area contributed by atoms with E-state index < -0.39 is 4.92 Å². The summed E-state index contributed by atoms with van der Waals surface area (Å²) in [4.78, 5) is 14.4. The van der Waals surface area contributed by atoms with Gasteiger partial charge in [-0.25, -0.2) is 4.98 Å². The Labute approximate surface area is 121 Å². The van der Waals surface area contributed by atoms with Crippen molar-refractivity contribution < 1.29 is 14.8 Å². The van der Waals surface area contributed by atoms with Crippen molar-refractivity contribution in [1.82, 2.24) is 4.98 Å². The molecular formula is C14H15N3O4. The molecule has 0 aliphatic rings. The number of ether oxygens (including phenoxy) is 1. The third-order valence-electron chi connectivity index (χ3n) is 3.04. The van der Waals surface area contributed by atoms with Crippen LogP contribution in [0.1, 0.15) is 18.5 Å². The molecule has 110 valence electrons. The van der Waals surface area contributed by atoms with Crippen molar-refractivity contribution in [3.63, 3.8) is 0 Å². The molecule has 0 saturated carbocycles. The van der Waals surface area contributed by atoms with Crippen molar-refractivity contribution in [2.75, 3.05) is 12.4 Å². The van der Waals surface area contributed by atoms with E-state index in [1.807, 2.05) is 0 Å². The number of phenolic OH excluding ortho intramolecular Hbond substituents is 1. The molecule has 7 heteroatoms. The lowest BCUT2D eigenvalue weighted by atomic mass is 10.1. The number of phenols is 1. The third kappa shape index (κ3) is 3.19. The number of nitrogens with one attached hydrogen (secondary N) is 1. The molecule has 7 nitrogen and oxygen atoms in total. The SMILES string of the molecule is COc1ccc(O)c(C(C)Nc2ncccc2[N+](=O)[O-])c1. The molecule has 0 radical (unpaired) electrons. The summed E-state index contributed by atoms with van der Waals surface area (Å²) in [5.41, 5.74) is 0.445. The molecule has 2 aromatic rings. The lowest BCUT2D eigenvalue weighted by Crippen LogP contribution is -2.10. The first-order valence-corrected chi connectivity index (χ1v) is 6.25. The maximum Gasteiger partial charge on any atom is 0.311 e. The predicted molar refractivity (Wildman–Crippen MR) is 77.6 cm³/mol. The molecule has 1 unspecified atom stereocenters. The average molecular weight is 289 g/mol. The van der Waals surface area contributed by atoms with E-state index in [9.17, 15) is 15.2 Å². The summed E-state index contributed by atoms with van der Waals surface area (Å²) < 4.78 is 5.11. The van der Waals surface area contributed by atoms with Crippen molar-refractivity contribution in [3.8, 4) is 11.5 Å². The Balaban J connectivity index is 2.30. The zero-order valence-corrected chi connectivity index (χ0v) is 11.6. The molecule has 1 aromatic carbocycles. The smallest absolute Gasteiger partial charge is 0.311 e. The topological polar surface area (TPSA) is 97.5 Å². The molecule has 0 saturated heterocycles. The summed E-state index contributed by atoms with van der Waals surface area (Å²) >= 11 is 0. The Morgan fingerprint density at radius 2 is 2.19 bits per heavy atom. The van der Waals surface area contributed by atoms with E-state index >= 15 is 0 Å². The molecule has 0 bridgehead atoms. The van der Waals surface area contributed by atoms with E-state index in [4.69, 9.17) is 4.74 Å².